The van der Waals surface area contributed by atoms with Gasteiger partial charge < -0.3 is 0 Å². The fraction of sp³-hybridized carbons (Fsp3) is 0.200. The summed E-state index contributed by atoms with van der Waals surface area (Å²) in [5.41, 5.74) is 3.77. The summed E-state index contributed by atoms with van der Waals surface area (Å²) in [4.78, 5) is 0. The first-order valence-corrected chi connectivity index (χ1v) is 5.27. The molecule has 0 aromatic carbocycles. The molecular formula is C15H18. The molecule has 0 heterocycles. The summed E-state index contributed by atoms with van der Waals surface area (Å²) in [5.74, 6) is 0. The minimum Gasteiger partial charge on any atom is -0.0984 e. The van der Waals surface area contributed by atoms with E-state index in [1.807, 2.05) is 25.2 Å². The maximum absolute atomic E-state index is 3.84. The molecule has 0 spiro atoms. The Morgan fingerprint density at radius 3 is 2.87 bits per heavy atom. The Morgan fingerprint density at radius 1 is 1.40 bits per heavy atom. The summed E-state index contributed by atoms with van der Waals surface area (Å²) >= 11 is 0. The van der Waals surface area contributed by atoms with E-state index in [2.05, 4.69) is 43.9 Å². The van der Waals surface area contributed by atoms with Crippen LogP contribution in [0.2, 0.25) is 0 Å². The van der Waals surface area contributed by atoms with Crippen molar-refractivity contribution >= 4 is 0 Å². The van der Waals surface area contributed by atoms with Crippen LogP contribution in [-0.4, -0.2) is 0 Å². The lowest BCUT2D eigenvalue weighted by molar-refractivity contribution is 1.22. The molecule has 0 aromatic rings. The van der Waals surface area contributed by atoms with E-state index in [-0.39, 0.29) is 0 Å². The minimum absolute atomic E-state index is 1.04. The van der Waals surface area contributed by atoms with Gasteiger partial charge in [-0.1, -0.05) is 60.8 Å². The second kappa shape index (κ2) is 6.02. The van der Waals surface area contributed by atoms with Crippen molar-refractivity contribution < 1.29 is 0 Å². The van der Waals surface area contributed by atoms with Crippen LogP contribution < -0.4 is 0 Å². The van der Waals surface area contributed by atoms with Crippen LogP contribution in [0, 0.1) is 0 Å². The van der Waals surface area contributed by atoms with Crippen molar-refractivity contribution in [1.29, 1.82) is 0 Å². The summed E-state index contributed by atoms with van der Waals surface area (Å²) in [5, 5.41) is 0. The number of rotatable bonds is 3. The highest BCUT2D eigenvalue weighted by Gasteiger charge is 1.98. The third-order valence-electron chi connectivity index (χ3n) is 2.31. The Kier molecular flexibility index (Phi) is 4.62. The molecule has 0 atom stereocenters. The van der Waals surface area contributed by atoms with Gasteiger partial charge in [0.25, 0.3) is 0 Å². The molecule has 15 heavy (non-hydrogen) atoms. The molecular weight excluding hydrogens is 180 g/mol. The quantitative estimate of drug-likeness (QED) is 0.585. The van der Waals surface area contributed by atoms with Crippen LogP contribution in [0.1, 0.15) is 20.3 Å². The molecule has 1 rings (SSSR count). The molecule has 1 aliphatic rings. The Morgan fingerprint density at radius 2 is 2.20 bits per heavy atom. The lowest BCUT2D eigenvalue weighted by atomic mass is 10.1. The zero-order valence-corrected chi connectivity index (χ0v) is 9.53. The fourth-order valence-corrected chi connectivity index (χ4v) is 1.40. The van der Waals surface area contributed by atoms with Gasteiger partial charge in [0.2, 0.25) is 0 Å². The van der Waals surface area contributed by atoms with E-state index < -0.39 is 0 Å². The topological polar surface area (TPSA) is 0 Å². The average Bonchev–Trinajstić information content (AvgIpc) is 2.45. The van der Waals surface area contributed by atoms with Gasteiger partial charge in [-0.15, -0.1) is 0 Å². The summed E-state index contributed by atoms with van der Waals surface area (Å²) in [6.45, 7) is 8.00. The van der Waals surface area contributed by atoms with E-state index in [1.165, 1.54) is 11.1 Å². The third kappa shape index (κ3) is 3.59. The highest BCUT2D eigenvalue weighted by atomic mass is 14.0. The van der Waals surface area contributed by atoms with Gasteiger partial charge in [0.15, 0.2) is 0 Å². The van der Waals surface area contributed by atoms with E-state index in [0.717, 1.165) is 12.0 Å². The van der Waals surface area contributed by atoms with Crippen molar-refractivity contribution in [3.63, 3.8) is 0 Å². The number of allylic oxidation sites excluding steroid dienone is 11. The van der Waals surface area contributed by atoms with Crippen molar-refractivity contribution in [3.8, 4) is 0 Å². The van der Waals surface area contributed by atoms with Crippen molar-refractivity contribution in [3.05, 3.63) is 71.9 Å². The summed E-state index contributed by atoms with van der Waals surface area (Å²) in [7, 11) is 0. The molecule has 0 radical (unpaired) electrons. The lowest BCUT2D eigenvalue weighted by Gasteiger charge is -2.00. The van der Waals surface area contributed by atoms with E-state index >= 15 is 0 Å². The van der Waals surface area contributed by atoms with Gasteiger partial charge in [-0.25, -0.2) is 0 Å². The largest absolute Gasteiger partial charge is 0.0984 e. The lowest BCUT2D eigenvalue weighted by Crippen LogP contribution is -1.81. The van der Waals surface area contributed by atoms with Gasteiger partial charge in [0, 0.05) is 0 Å². The SMILES string of the molecule is C=C/C(=C\C=C/C)C1=CC=C(C)CC=C1. The Bertz CT molecular complexity index is 371. The molecule has 0 saturated heterocycles. The first-order chi connectivity index (χ1) is 7.27. The molecule has 78 valence electrons. The molecule has 0 aliphatic heterocycles. The van der Waals surface area contributed by atoms with Crippen LogP contribution in [-0.2, 0) is 0 Å². The van der Waals surface area contributed by atoms with Crippen molar-refractivity contribution in [2.75, 3.05) is 0 Å². The molecule has 0 N–H and O–H groups in total. The van der Waals surface area contributed by atoms with Crippen molar-refractivity contribution in [2.24, 2.45) is 0 Å². The monoisotopic (exact) mass is 198 g/mol. The van der Waals surface area contributed by atoms with Gasteiger partial charge >= 0.3 is 0 Å². The third-order valence-corrected chi connectivity index (χ3v) is 2.31. The molecule has 0 saturated carbocycles. The average molecular weight is 198 g/mol. The molecule has 0 nitrogen and oxygen atoms in total. The van der Waals surface area contributed by atoms with E-state index in [4.69, 9.17) is 0 Å². The predicted molar refractivity (Wildman–Crippen MR) is 68.7 cm³/mol. The summed E-state index contributed by atoms with van der Waals surface area (Å²) < 4.78 is 0. The van der Waals surface area contributed by atoms with Gasteiger partial charge in [0.05, 0.1) is 0 Å². The zero-order chi connectivity index (χ0) is 11.1. The fourth-order valence-electron chi connectivity index (χ4n) is 1.40. The van der Waals surface area contributed by atoms with Gasteiger partial charge in [0.1, 0.15) is 0 Å². The Balaban J connectivity index is 2.99. The first-order valence-electron chi connectivity index (χ1n) is 5.27. The smallest absolute Gasteiger partial charge is 0.0135 e. The van der Waals surface area contributed by atoms with E-state index in [1.54, 1.807) is 0 Å². The molecule has 0 heteroatoms. The van der Waals surface area contributed by atoms with Crippen LogP contribution in [0.4, 0.5) is 0 Å². The van der Waals surface area contributed by atoms with Crippen LogP contribution in [0.5, 0.6) is 0 Å². The van der Waals surface area contributed by atoms with E-state index in [9.17, 15) is 0 Å². The van der Waals surface area contributed by atoms with Gasteiger partial charge in [-0.05, 0) is 31.4 Å². The molecule has 0 aromatic heterocycles. The Hall–Kier alpha value is -1.56. The predicted octanol–water partition coefficient (Wildman–Crippen LogP) is 4.51. The molecule has 1 aliphatic carbocycles. The maximum Gasteiger partial charge on any atom is -0.0135 e. The normalized spacial score (nSPS) is 17.3. The number of hydrogen-bond donors (Lipinski definition) is 0. The minimum atomic E-state index is 1.04. The molecule has 0 fully saturated rings. The van der Waals surface area contributed by atoms with Crippen molar-refractivity contribution in [1.82, 2.24) is 0 Å². The van der Waals surface area contributed by atoms with Crippen molar-refractivity contribution in [2.45, 2.75) is 20.3 Å². The highest BCUT2D eigenvalue weighted by molar-refractivity contribution is 5.50. The maximum atomic E-state index is 3.84. The Labute approximate surface area is 92.7 Å². The standard InChI is InChI=1S/C15H18/c1-4-6-9-14(5-2)15-10-7-8-13(3)11-12-15/h4-7,9-12H,2,8H2,1,3H3/b6-4-,14-9+. The summed E-state index contributed by atoms with van der Waals surface area (Å²) in [6.07, 6.45) is 17.7. The zero-order valence-electron chi connectivity index (χ0n) is 9.53. The second-order valence-corrected chi connectivity index (χ2v) is 3.59. The van der Waals surface area contributed by atoms with Gasteiger partial charge in [-0.2, -0.15) is 0 Å². The molecule has 0 amide bonds. The second-order valence-electron chi connectivity index (χ2n) is 3.59. The van der Waals surface area contributed by atoms with Crippen LogP contribution in [0.3, 0.4) is 0 Å². The van der Waals surface area contributed by atoms with Crippen LogP contribution >= 0.6 is 0 Å². The highest BCUT2D eigenvalue weighted by Crippen LogP contribution is 2.18. The molecule has 0 bridgehead atoms. The first kappa shape index (κ1) is 11.5. The molecule has 0 unspecified atom stereocenters. The van der Waals surface area contributed by atoms with Gasteiger partial charge in [-0.3, -0.25) is 0 Å². The van der Waals surface area contributed by atoms with E-state index in [0.29, 0.717) is 0 Å². The van der Waals surface area contributed by atoms with Crippen LogP contribution in [0.25, 0.3) is 0 Å². The van der Waals surface area contributed by atoms with Crippen LogP contribution in [0.15, 0.2) is 71.9 Å². The number of hydrogen-bond acceptors (Lipinski definition) is 0. The summed E-state index contributed by atoms with van der Waals surface area (Å²) in [6, 6.07) is 0.